The van der Waals surface area contributed by atoms with Crippen LogP contribution in [-0.2, 0) is 16.4 Å². The molecule has 0 aliphatic carbocycles. The van der Waals surface area contributed by atoms with E-state index in [2.05, 4.69) is 4.72 Å². The molecule has 0 bridgehead atoms. The molecule has 0 fully saturated rings. The highest BCUT2D eigenvalue weighted by molar-refractivity contribution is 7.92. The molecule has 5 heteroatoms. The number of hydrogen-bond donors (Lipinski definition) is 1. The molecule has 21 heavy (non-hydrogen) atoms. The summed E-state index contributed by atoms with van der Waals surface area (Å²) in [6.45, 7) is 5.15. The Hall–Kier alpha value is -1.88. The van der Waals surface area contributed by atoms with Gasteiger partial charge in [-0.15, -0.1) is 0 Å². The van der Waals surface area contributed by atoms with Crippen molar-refractivity contribution in [3.8, 4) is 0 Å². The van der Waals surface area contributed by atoms with Gasteiger partial charge in [0.1, 0.15) is 5.82 Å². The molecule has 0 saturated heterocycles. The Bertz CT molecular complexity index is 747. The predicted octanol–water partition coefficient (Wildman–Crippen LogP) is 3.81. The van der Waals surface area contributed by atoms with Crippen molar-refractivity contribution in [2.45, 2.75) is 32.1 Å². The molecule has 0 atom stereocenters. The van der Waals surface area contributed by atoms with Gasteiger partial charge < -0.3 is 0 Å². The first-order valence-electron chi connectivity index (χ1n) is 6.72. The third kappa shape index (κ3) is 3.24. The normalized spacial score (nSPS) is 11.4. The van der Waals surface area contributed by atoms with Crippen LogP contribution in [0.15, 0.2) is 41.3 Å². The number of nitrogens with one attached hydrogen (secondary N) is 1. The van der Waals surface area contributed by atoms with Gasteiger partial charge in [-0.1, -0.05) is 25.1 Å². The molecule has 0 aromatic heterocycles. The minimum atomic E-state index is -3.74. The van der Waals surface area contributed by atoms with E-state index in [-0.39, 0.29) is 4.90 Å². The van der Waals surface area contributed by atoms with Crippen molar-refractivity contribution in [3.05, 3.63) is 58.9 Å². The van der Waals surface area contributed by atoms with Crippen molar-refractivity contribution in [1.29, 1.82) is 0 Å². The summed E-state index contributed by atoms with van der Waals surface area (Å²) in [5.41, 5.74) is 2.27. The molecule has 2 aromatic rings. The summed E-state index contributed by atoms with van der Waals surface area (Å²) in [5, 5.41) is 0. The minimum absolute atomic E-state index is 0.134. The minimum Gasteiger partial charge on any atom is -0.279 e. The van der Waals surface area contributed by atoms with Gasteiger partial charge in [0.25, 0.3) is 10.0 Å². The highest BCUT2D eigenvalue weighted by Gasteiger charge is 2.21. The second kappa shape index (κ2) is 5.85. The molecule has 0 saturated carbocycles. The Morgan fingerprint density at radius 3 is 2.24 bits per heavy atom. The molecule has 0 radical (unpaired) electrons. The van der Waals surface area contributed by atoms with Gasteiger partial charge >= 0.3 is 0 Å². The van der Waals surface area contributed by atoms with Crippen LogP contribution in [0, 0.1) is 19.7 Å². The van der Waals surface area contributed by atoms with Crippen molar-refractivity contribution in [2.75, 3.05) is 4.72 Å². The van der Waals surface area contributed by atoms with Gasteiger partial charge in [-0.05, 0) is 55.2 Å². The number of sulfonamides is 1. The average molecular weight is 307 g/mol. The van der Waals surface area contributed by atoms with Crippen LogP contribution in [-0.4, -0.2) is 8.42 Å². The number of hydrogen-bond acceptors (Lipinski definition) is 2. The molecule has 0 amide bonds. The van der Waals surface area contributed by atoms with Crippen LogP contribution in [0.4, 0.5) is 10.1 Å². The Balaban J connectivity index is 2.49. The Labute approximate surface area is 124 Å². The van der Waals surface area contributed by atoms with Crippen LogP contribution in [0.5, 0.6) is 0 Å². The lowest BCUT2D eigenvalue weighted by atomic mass is 10.1. The van der Waals surface area contributed by atoms with Crippen LogP contribution in [0.2, 0.25) is 0 Å². The molecule has 2 rings (SSSR count). The summed E-state index contributed by atoms with van der Waals surface area (Å²) in [4.78, 5) is 0.134. The lowest BCUT2D eigenvalue weighted by Crippen LogP contribution is -2.17. The van der Waals surface area contributed by atoms with Crippen LogP contribution >= 0.6 is 0 Å². The molecular weight excluding hydrogens is 289 g/mol. The molecule has 3 nitrogen and oxygen atoms in total. The molecule has 0 unspecified atom stereocenters. The second-order valence-electron chi connectivity index (χ2n) is 4.98. The lowest BCUT2D eigenvalue weighted by molar-refractivity contribution is 0.597. The fraction of sp³-hybridized carbons (Fsp3) is 0.250. The van der Waals surface area contributed by atoms with Gasteiger partial charge in [-0.2, -0.15) is 0 Å². The third-order valence-electron chi connectivity index (χ3n) is 3.34. The number of para-hydroxylation sites is 1. The van der Waals surface area contributed by atoms with E-state index < -0.39 is 15.8 Å². The van der Waals surface area contributed by atoms with E-state index in [1.54, 1.807) is 26.0 Å². The van der Waals surface area contributed by atoms with Crippen molar-refractivity contribution >= 4 is 15.7 Å². The average Bonchev–Trinajstić information content (AvgIpc) is 2.37. The smallest absolute Gasteiger partial charge is 0.262 e. The summed E-state index contributed by atoms with van der Waals surface area (Å²) in [6.07, 6.45) is 0.722. The van der Waals surface area contributed by atoms with Crippen LogP contribution < -0.4 is 4.72 Å². The van der Waals surface area contributed by atoms with E-state index in [9.17, 15) is 12.8 Å². The summed E-state index contributed by atoms with van der Waals surface area (Å²) in [6, 6.07) is 9.71. The summed E-state index contributed by atoms with van der Waals surface area (Å²) >= 11 is 0. The summed E-state index contributed by atoms with van der Waals surface area (Å²) in [5.74, 6) is -0.432. The molecule has 2 aromatic carbocycles. The zero-order valence-corrected chi connectivity index (χ0v) is 13.1. The molecule has 0 heterocycles. The largest absolute Gasteiger partial charge is 0.279 e. The SMILES string of the molecule is CCc1ccccc1NS(=O)(=O)c1c(C)cc(F)cc1C. The van der Waals surface area contributed by atoms with Gasteiger partial charge in [0.05, 0.1) is 10.6 Å². The molecule has 0 spiro atoms. The zero-order chi connectivity index (χ0) is 15.6. The van der Waals surface area contributed by atoms with E-state index in [4.69, 9.17) is 0 Å². The second-order valence-corrected chi connectivity index (χ2v) is 6.60. The molecular formula is C16H18FNO2S. The number of halogens is 1. The van der Waals surface area contributed by atoms with Gasteiger partial charge in [0, 0.05) is 0 Å². The predicted molar refractivity (Wildman–Crippen MR) is 82.5 cm³/mol. The van der Waals surface area contributed by atoms with E-state index in [0.29, 0.717) is 16.8 Å². The maximum absolute atomic E-state index is 13.3. The molecule has 1 N–H and O–H groups in total. The highest BCUT2D eigenvalue weighted by Crippen LogP contribution is 2.25. The van der Waals surface area contributed by atoms with E-state index in [1.807, 2.05) is 19.1 Å². The fourth-order valence-corrected chi connectivity index (χ4v) is 4.00. The maximum atomic E-state index is 13.3. The first-order valence-corrected chi connectivity index (χ1v) is 8.21. The summed E-state index contributed by atoms with van der Waals surface area (Å²) in [7, 11) is -3.74. The highest BCUT2D eigenvalue weighted by atomic mass is 32.2. The Morgan fingerprint density at radius 1 is 1.10 bits per heavy atom. The third-order valence-corrected chi connectivity index (χ3v) is 5.01. The van der Waals surface area contributed by atoms with Crippen molar-refractivity contribution in [1.82, 2.24) is 0 Å². The lowest BCUT2D eigenvalue weighted by Gasteiger charge is -2.15. The van der Waals surface area contributed by atoms with Gasteiger partial charge in [0.2, 0.25) is 0 Å². The number of rotatable bonds is 4. The van der Waals surface area contributed by atoms with Gasteiger partial charge in [0.15, 0.2) is 0 Å². The summed E-state index contributed by atoms with van der Waals surface area (Å²) < 4.78 is 41.1. The van der Waals surface area contributed by atoms with Crippen LogP contribution in [0.1, 0.15) is 23.6 Å². The number of benzene rings is 2. The van der Waals surface area contributed by atoms with Gasteiger partial charge in [-0.3, -0.25) is 4.72 Å². The maximum Gasteiger partial charge on any atom is 0.262 e. The van der Waals surface area contributed by atoms with Crippen molar-refractivity contribution < 1.29 is 12.8 Å². The first kappa shape index (κ1) is 15.5. The number of anilines is 1. The monoisotopic (exact) mass is 307 g/mol. The topological polar surface area (TPSA) is 46.2 Å². The van der Waals surface area contributed by atoms with Crippen LogP contribution in [0.25, 0.3) is 0 Å². The first-order chi connectivity index (χ1) is 9.85. The molecule has 0 aliphatic rings. The van der Waals surface area contributed by atoms with Crippen LogP contribution in [0.3, 0.4) is 0 Å². The Kier molecular flexibility index (Phi) is 4.32. The van der Waals surface area contributed by atoms with Crippen molar-refractivity contribution in [3.63, 3.8) is 0 Å². The standard InChI is InChI=1S/C16H18FNO2S/c1-4-13-7-5-6-8-15(13)18-21(19,20)16-11(2)9-14(17)10-12(16)3/h5-10,18H,4H2,1-3H3. The quantitative estimate of drug-likeness (QED) is 0.933. The van der Waals surface area contributed by atoms with Crippen molar-refractivity contribution in [2.24, 2.45) is 0 Å². The fourth-order valence-electron chi connectivity index (χ4n) is 2.45. The van der Waals surface area contributed by atoms with E-state index in [1.165, 1.54) is 12.1 Å². The van der Waals surface area contributed by atoms with E-state index >= 15 is 0 Å². The zero-order valence-electron chi connectivity index (χ0n) is 12.3. The van der Waals surface area contributed by atoms with E-state index in [0.717, 1.165) is 12.0 Å². The number of aryl methyl sites for hydroxylation is 3. The molecule has 112 valence electrons. The van der Waals surface area contributed by atoms with Gasteiger partial charge in [-0.25, -0.2) is 12.8 Å². The molecule has 0 aliphatic heterocycles. The Morgan fingerprint density at radius 2 is 1.67 bits per heavy atom.